The zero-order valence-corrected chi connectivity index (χ0v) is 19.1. The summed E-state index contributed by atoms with van der Waals surface area (Å²) in [5.41, 5.74) is 6.96. The third-order valence-corrected chi connectivity index (χ3v) is 6.52. The smallest absolute Gasteiger partial charge is 0.318 e. The van der Waals surface area contributed by atoms with Gasteiger partial charge in [-0.05, 0) is 54.7 Å². The summed E-state index contributed by atoms with van der Waals surface area (Å²) in [7, 11) is 1.69. The predicted molar refractivity (Wildman–Crippen MR) is 132 cm³/mol. The molecule has 3 aromatic carbocycles. The molecule has 2 N–H and O–H groups in total. The van der Waals surface area contributed by atoms with Gasteiger partial charge >= 0.3 is 6.03 Å². The molecule has 1 aliphatic rings. The lowest BCUT2D eigenvalue weighted by Crippen LogP contribution is -2.46. The Kier molecular flexibility index (Phi) is 5.78. The number of ether oxygens (including phenoxy) is 1. The number of amides is 2. The van der Waals surface area contributed by atoms with Gasteiger partial charge in [-0.3, -0.25) is 0 Å². The van der Waals surface area contributed by atoms with E-state index in [0.717, 1.165) is 35.4 Å². The number of nitrogens with zero attached hydrogens (tertiary/aromatic N) is 1. The van der Waals surface area contributed by atoms with Gasteiger partial charge in [-0.2, -0.15) is 0 Å². The molecule has 2 amide bonds. The van der Waals surface area contributed by atoms with Gasteiger partial charge in [-0.25, -0.2) is 4.79 Å². The van der Waals surface area contributed by atoms with Crippen molar-refractivity contribution in [1.29, 1.82) is 0 Å². The highest BCUT2D eigenvalue weighted by atomic mass is 16.5. The molecule has 2 heterocycles. The Hall–Kier alpha value is -3.73. The van der Waals surface area contributed by atoms with E-state index >= 15 is 0 Å². The molecule has 5 heteroatoms. The largest absolute Gasteiger partial charge is 0.497 e. The van der Waals surface area contributed by atoms with Gasteiger partial charge in [0.05, 0.1) is 13.2 Å². The second kappa shape index (κ2) is 9.02. The van der Waals surface area contributed by atoms with Crippen molar-refractivity contribution >= 4 is 16.9 Å². The minimum atomic E-state index is -0.163. The van der Waals surface area contributed by atoms with Crippen molar-refractivity contribution in [1.82, 2.24) is 15.2 Å². The Balaban J connectivity index is 1.46. The number of carbonyl (C=O) groups is 1. The number of hydrogen-bond acceptors (Lipinski definition) is 2. The SMILES string of the molecule is COc1ccc2[nH]c3c(c2c1)CCN(C(=O)NCCc1ccccc1)[C@H]3c1ccc(C)cc1. The van der Waals surface area contributed by atoms with Crippen molar-refractivity contribution in [2.24, 2.45) is 0 Å². The monoisotopic (exact) mass is 439 g/mol. The number of carbonyl (C=O) groups excluding carboxylic acids is 1. The number of nitrogens with one attached hydrogen (secondary N) is 2. The van der Waals surface area contributed by atoms with Crippen LogP contribution in [0, 0.1) is 6.92 Å². The van der Waals surface area contributed by atoms with Gasteiger partial charge in [0.15, 0.2) is 0 Å². The van der Waals surface area contributed by atoms with Crippen molar-refractivity contribution in [3.63, 3.8) is 0 Å². The molecular weight excluding hydrogens is 410 g/mol. The van der Waals surface area contributed by atoms with Crippen molar-refractivity contribution in [3.8, 4) is 5.75 Å². The van der Waals surface area contributed by atoms with E-state index in [1.54, 1.807) is 7.11 Å². The third-order valence-electron chi connectivity index (χ3n) is 6.52. The lowest BCUT2D eigenvalue weighted by atomic mass is 9.92. The molecular formula is C28H29N3O2. The number of hydrogen-bond donors (Lipinski definition) is 2. The van der Waals surface area contributed by atoms with Gasteiger partial charge in [0, 0.05) is 29.7 Å². The fraction of sp³-hybridized carbons (Fsp3) is 0.250. The predicted octanol–water partition coefficient (Wildman–Crippen LogP) is 5.38. The van der Waals surface area contributed by atoms with Crippen LogP contribution in [0.2, 0.25) is 0 Å². The first-order chi connectivity index (χ1) is 16.1. The van der Waals surface area contributed by atoms with E-state index < -0.39 is 0 Å². The minimum Gasteiger partial charge on any atom is -0.497 e. The first-order valence-electron chi connectivity index (χ1n) is 11.5. The summed E-state index contributed by atoms with van der Waals surface area (Å²) < 4.78 is 5.46. The molecule has 0 saturated heterocycles. The molecule has 5 nitrogen and oxygen atoms in total. The molecule has 0 saturated carbocycles. The Labute approximate surface area is 194 Å². The maximum Gasteiger partial charge on any atom is 0.318 e. The van der Waals surface area contributed by atoms with Crippen molar-refractivity contribution in [2.45, 2.75) is 25.8 Å². The second-order valence-electron chi connectivity index (χ2n) is 8.65. The summed E-state index contributed by atoms with van der Waals surface area (Å²) in [6.07, 6.45) is 1.62. The van der Waals surface area contributed by atoms with Crippen LogP contribution in [0.25, 0.3) is 10.9 Å². The van der Waals surface area contributed by atoms with Crippen LogP contribution in [-0.2, 0) is 12.8 Å². The first kappa shape index (κ1) is 21.1. The van der Waals surface area contributed by atoms with E-state index in [1.807, 2.05) is 29.2 Å². The molecule has 1 aromatic heterocycles. The number of methoxy groups -OCH3 is 1. The van der Waals surface area contributed by atoms with Gasteiger partial charge in [-0.15, -0.1) is 0 Å². The highest BCUT2D eigenvalue weighted by Gasteiger charge is 2.34. The quantitative estimate of drug-likeness (QED) is 0.438. The molecule has 4 aromatic rings. The maximum atomic E-state index is 13.3. The van der Waals surface area contributed by atoms with Crippen LogP contribution >= 0.6 is 0 Å². The van der Waals surface area contributed by atoms with E-state index in [9.17, 15) is 4.79 Å². The van der Waals surface area contributed by atoms with Gasteiger partial charge in [0.25, 0.3) is 0 Å². The molecule has 168 valence electrons. The van der Waals surface area contributed by atoms with Gasteiger partial charge in [0.2, 0.25) is 0 Å². The Bertz CT molecular complexity index is 1260. The summed E-state index contributed by atoms with van der Waals surface area (Å²) in [6, 6.07) is 24.7. The number of rotatable bonds is 5. The first-order valence-corrected chi connectivity index (χ1v) is 11.5. The van der Waals surface area contributed by atoms with E-state index in [4.69, 9.17) is 4.74 Å². The number of urea groups is 1. The summed E-state index contributed by atoms with van der Waals surface area (Å²) in [5, 5.41) is 4.32. The van der Waals surface area contributed by atoms with Gasteiger partial charge in [0.1, 0.15) is 5.75 Å². The van der Waals surface area contributed by atoms with E-state index in [-0.39, 0.29) is 12.1 Å². The number of fused-ring (bicyclic) bond motifs is 3. The van der Waals surface area contributed by atoms with Crippen molar-refractivity contribution in [3.05, 3.63) is 101 Å². The van der Waals surface area contributed by atoms with Gasteiger partial charge in [-0.1, -0.05) is 60.2 Å². The zero-order valence-electron chi connectivity index (χ0n) is 19.1. The number of aryl methyl sites for hydroxylation is 1. The van der Waals surface area contributed by atoms with Crippen molar-refractivity contribution in [2.75, 3.05) is 20.2 Å². The zero-order chi connectivity index (χ0) is 22.8. The molecule has 0 radical (unpaired) electrons. The number of benzene rings is 3. The molecule has 0 aliphatic carbocycles. The molecule has 1 atom stereocenters. The normalized spacial score (nSPS) is 15.3. The summed E-state index contributed by atoms with van der Waals surface area (Å²) in [5.74, 6) is 0.845. The Morgan fingerprint density at radius 3 is 2.64 bits per heavy atom. The second-order valence-corrected chi connectivity index (χ2v) is 8.65. The molecule has 0 fully saturated rings. The fourth-order valence-electron chi connectivity index (χ4n) is 4.77. The molecule has 33 heavy (non-hydrogen) atoms. The lowest BCUT2D eigenvalue weighted by molar-refractivity contribution is 0.179. The topological polar surface area (TPSA) is 57.4 Å². The molecule has 0 bridgehead atoms. The van der Waals surface area contributed by atoms with Crippen LogP contribution in [-0.4, -0.2) is 36.1 Å². The van der Waals surface area contributed by atoms with E-state index in [1.165, 1.54) is 22.1 Å². The molecule has 0 unspecified atom stereocenters. The van der Waals surface area contributed by atoms with E-state index in [2.05, 4.69) is 65.8 Å². The highest BCUT2D eigenvalue weighted by Crippen LogP contribution is 2.39. The molecule has 0 spiro atoms. The van der Waals surface area contributed by atoms with E-state index in [0.29, 0.717) is 13.1 Å². The number of H-pyrrole nitrogens is 1. The van der Waals surface area contributed by atoms with Crippen LogP contribution in [0.1, 0.15) is 34.0 Å². The number of aromatic nitrogens is 1. The van der Waals surface area contributed by atoms with Gasteiger partial charge < -0.3 is 19.9 Å². The Morgan fingerprint density at radius 1 is 1.09 bits per heavy atom. The average Bonchev–Trinajstić information content (AvgIpc) is 3.22. The van der Waals surface area contributed by atoms with Crippen LogP contribution < -0.4 is 10.1 Å². The number of aromatic amines is 1. The Morgan fingerprint density at radius 2 is 1.88 bits per heavy atom. The summed E-state index contributed by atoms with van der Waals surface area (Å²) >= 11 is 0. The summed E-state index contributed by atoms with van der Waals surface area (Å²) in [4.78, 5) is 18.9. The highest BCUT2D eigenvalue weighted by molar-refractivity contribution is 5.87. The van der Waals surface area contributed by atoms with Crippen molar-refractivity contribution < 1.29 is 9.53 Å². The maximum absolute atomic E-state index is 13.3. The van der Waals surface area contributed by atoms with Crippen LogP contribution in [0.5, 0.6) is 5.75 Å². The lowest BCUT2D eigenvalue weighted by Gasteiger charge is -2.36. The molecule has 1 aliphatic heterocycles. The average molecular weight is 440 g/mol. The minimum absolute atomic E-state index is 0.0293. The third kappa shape index (κ3) is 4.19. The molecule has 5 rings (SSSR count). The van der Waals surface area contributed by atoms with Crippen LogP contribution in [0.4, 0.5) is 4.79 Å². The fourth-order valence-corrected chi connectivity index (χ4v) is 4.77. The summed E-state index contributed by atoms with van der Waals surface area (Å²) in [6.45, 7) is 3.35. The van der Waals surface area contributed by atoms with Crippen LogP contribution in [0.15, 0.2) is 72.8 Å². The standard InChI is InChI=1S/C28H29N3O2/c1-19-8-10-21(11-9-19)27-26-23(24-18-22(33-2)12-13-25(24)30-26)15-17-31(27)28(32)29-16-14-20-6-4-3-5-7-20/h3-13,18,27,30H,14-17H2,1-2H3,(H,29,32)/t27-/m0/s1. The van der Waals surface area contributed by atoms with Crippen LogP contribution in [0.3, 0.4) is 0 Å².